The highest BCUT2D eigenvalue weighted by Gasteiger charge is 2.18. The standard InChI is InChI=1S/C19H16ClN5O2/c20-13-5-3-12(4-6-13)17-22-19-21-10-15-16(25(19)23-17)7-8-24(18(15)26)11-14-2-1-9-27-14/h3-8,10,14H,1-2,9,11H2. The number of pyridine rings is 1. The fraction of sp³-hybridized carbons (Fsp3) is 0.263. The van der Waals surface area contributed by atoms with Crippen LogP contribution in [-0.4, -0.2) is 36.9 Å². The molecule has 0 N–H and O–H groups in total. The molecular weight excluding hydrogens is 366 g/mol. The Kier molecular flexibility index (Phi) is 3.91. The molecule has 136 valence electrons. The summed E-state index contributed by atoms with van der Waals surface area (Å²) in [7, 11) is 0. The van der Waals surface area contributed by atoms with Crippen LogP contribution in [0.1, 0.15) is 12.8 Å². The smallest absolute Gasteiger partial charge is 0.261 e. The lowest BCUT2D eigenvalue weighted by atomic mass is 10.2. The van der Waals surface area contributed by atoms with E-state index in [0.717, 1.165) is 25.0 Å². The molecule has 7 nitrogen and oxygen atoms in total. The molecule has 27 heavy (non-hydrogen) atoms. The topological polar surface area (TPSA) is 74.3 Å². The Morgan fingerprint density at radius 3 is 2.85 bits per heavy atom. The molecule has 0 aliphatic carbocycles. The van der Waals surface area contributed by atoms with Crippen molar-refractivity contribution in [2.24, 2.45) is 0 Å². The van der Waals surface area contributed by atoms with Crippen molar-refractivity contribution in [1.29, 1.82) is 0 Å². The number of fused-ring (bicyclic) bond motifs is 3. The van der Waals surface area contributed by atoms with E-state index in [1.807, 2.05) is 18.2 Å². The first-order valence-corrected chi connectivity index (χ1v) is 9.19. The molecule has 0 bridgehead atoms. The molecule has 1 unspecified atom stereocenters. The summed E-state index contributed by atoms with van der Waals surface area (Å²) in [5.74, 6) is 0.985. The number of halogens is 1. The van der Waals surface area contributed by atoms with Crippen molar-refractivity contribution in [2.75, 3.05) is 6.61 Å². The van der Waals surface area contributed by atoms with Gasteiger partial charge in [-0.3, -0.25) is 4.79 Å². The zero-order valence-corrected chi connectivity index (χ0v) is 15.1. The molecule has 0 spiro atoms. The SMILES string of the molecule is O=c1c2cnc3nc(-c4ccc(Cl)cc4)nn3c2ccn1CC1CCCO1. The molecule has 1 saturated heterocycles. The summed E-state index contributed by atoms with van der Waals surface area (Å²) in [5, 5.41) is 5.70. The highest BCUT2D eigenvalue weighted by molar-refractivity contribution is 6.30. The number of nitrogens with zero attached hydrogens (tertiary/aromatic N) is 5. The van der Waals surface area contributed by atoms with Crippen LogP contribution in [0.4, 0.5) is 0 Å². The van der Waals surface area contributed by atoms with Crippen molar-refractivity contribution >= 4 is 28.3 Å². The van der Waals surface area contributed by atoms with Gasteiger partial charge in [0.1, 0.15) is 0 Å². The molecule has 1 aromatic carbocycles. The summed E-state index contributed by atoms with van der Waals surface area (Å²) < 4.78 is 8.93. The number of hydrogen-bond donors (Lipinski definition) is 0. The molecule has 3 aromatic heterocycles. The average Bonchev–Trinajstić information content (AvgIpc) is 3.34. The van der Waals surface area contributed by atoms with Gasteiger partial charge in [-0.25, -0.2) is 4.98 Å². The van der Waals surface area contributed by atoms with Gasteiger partial charge in [-0.15, -0.1) is 5.10 Å². The number of benzene rings is 1. The maximum Gasteiger partial charge on any atom is 0.261 e. The third-order valence-corrected chi connectivity index (χ3v) is 5.09. The lowest BCUT2D eigenvalue weighted by Crippen LogP contribution is -2.26. The Morgan fingerprint density at radius 1 is 1.22 bits per heavy atom. The minimum Gasteiger partial charge on any atom is -0.376 e. The molecule has 4 heterocycles. The number of ether oxygens (including phenoxy) is 1. The van der Waals surface area contributed by atoms with E-state index in [1.165, 1.54) is 0 Å². The molecule has 1 aliphatic rings. The van der Waals surface area contributed by atoms with Crippen LogP contribution >= 0.6 is 11.6 Å². The highest BCUT2D eigenvalue weighted by Crippen LogP contribution is 2.20. The Morgan fingerprint density at radius 2 is 2.07 bits per heavy atom. The molecule has 0 saturated carbocycles. The zero-order chi connectivity index (χ0) is 18.4. The van der Waals surface area contributed by atoms with E-state index in [0.29, 0.717) is 34.1 Å². The van der Waals surface area contributed by atoms with Gasteiger partial charge in [-0.1, -0.05) is 11.6 Å². The van der Waals surface area contributed by atoms with Gasteiger partial charge in [0.2, 0.25) is 0 Å². The molecule has 1 aliphatic heterocycles. The van der Waals surface area contributed by atoms with Gasteiger partial charge < -0.3 is 9.30 Å². The normalized spacial score (nSPS) is 17.1. The third-order valence-electron chi connectivity index (χ3n) is 4.83. The zero-order valence-electron chi connectivity index (χ0n) is 14.4. The predicted octanol–water partition coefficient (Wildman–Crippen LogP) is 2.94. The summed E-state index contributed by atoms with van der Waals surface area (Å²) in [6.45, 7) is 1.32. The number of aromatic nitrogens is 5. The maximum absolute atomic E-state index is 12.9. The summed E-state index contributed by atoms with van der Waals surface area (Å²) in [5.41, 5.74) is 1.42. The summed E-state index contributed by atoms with van der Waals surface area (Å²) in [4.78, 5) is 21.7. The number of rotatable bonds is 3. The van der Waals surface area contributed by atoms with Crippen LogP contribution in [0.2, 0.25) is 5.02 Å². The predicted molar refractivity (Wildman–Crippen MR) is 102 cm³/mol. The first kappa shape index (κ1) is 16.4. The van der Waals surface area contributed by atoms with Crippen LogP contribution in [0.5, 0.6) is 0 Å². The lowest BCUT2D eigenvalue weighted by Gasteiger charge is -2.12. The van der Waals surface area contributed by atoms with Crippen molar-refractivity contribution in [1.82, 2.24) is 24.1 Å². The lowest BCUT2D eigenvalue weighted by molar-refractivity contribution is 0.0963. The van der Waals surface area contributed by atoms with Crippen LogP contribution in [0.25, 0.3) is 28.1 Å². The molecule has 5 rings (SSSR count). The van der Waals surface area contributed by atoms with E-state index in [1.54, 1.807) is 33.6 Å². The molecule has 1 atom stereocenters. The largest absolute Gasteiger partial charge is 0.376 e. The quantitative estimate of drug-likeness (QED) is 0.545. The van der Waals surface area contributed by atoms with Crippen LogP contribution in [0, 0.1) is 0 Å². The summed E-state index contributed by atoms with van der Waals surface area (Å²) >= 11 is 5.94. The summed E-state index contributed by atoms with van der Waals surface area (Å²) in [6.07, 6.45) is 5.48. The van der Waals surface area contributed by atoms with Gasteiger partial charge in [0.15, 0.2) is 5.82 Å². The molecular formula is C19H16ClN5O2. The average molecular weight is 382 g/mol. The van der Waals surface area contributed by atoms with Crippen molar-refractivity contribution in [3.05, 3.63) is 58.1 Å². The van der Waals surface area contributed by atoms with E-state index in [9.17, 15) is 4.79 Å². The van der Waals surface area contributed by atoms with Crippen molar-refractivity contribution in [3.63, 3.8) is 0 Å². The van der Waals surface area contributed by atoms with Crippen molar-refractivity contribution in [3.8, 4) is 11.4 Å². The Balaban J connectivity index is 1.61. The molecule has 8 heteroatoms. The Labute approximate surface area is 159 Å². The maximum atomic E-state index is 12.9. The Bertz CT molecular complexity index is 1190. The van der Waals surface area contributed by atoms with Gasteiger partial charge in [-0.05, 0) is 43.2 Å². The minimum atomic E-state index is -0.0963. The van der Waals surface area contributed by atoms with Crippen LogP contribution < -0.4 is 5.56 Å². The second-order valence-electron chi connectivity index (χ2n) is 6.62. The van der Waals surface area contributed by atoms with E-state index >= 15 is 0 Å². The van der Waals surface area contributed by atoms with Gasteiger partial charge in [-0.2, -0.15) is 9.50 Å². The number of hydrogen-bond acceptors (Lipinski definition) is 5. The van der Waals surface area contributed by atoms with Crippen LogP contribution in [0.15, 0.2) is 47.5 Å². The van der Waals surface area contributed by atoms with Gasteiger partial charge in [0, 0.05) is 29.6 Å². The molecule has 1 fully saturated rings. The van der Waals surface area contributed by atoms with Gasteiger partial charge in [0.05, 0.1) is 23.6 Å². The van der Waals surface area contributed by atoms with E-state index < -0.39 is 0 Å². The molecule has 0 radical (unpaired) electrons. The fourth-order valence-corrected chi connectivity index (χ4v) is 3.56. The fourth-order valence-electron chi connectivity index (χ4n) is 3.43. The monoisotopic (exact) mass is 381 g/mol. The first-order valence-electron chi connectivity index (χ1n) is 8.81. The van der Waals surface area contributed by atoms with Crippen LogP contribution in [-0.2, 0) is 11.3 Å². The van der Waals surface area contributed by atoms with E-state index in [-0.39, 0.29) is 11.7 Å². The van der Waals surface area contributed by atoms with E-state index in [4.69, 9.17) is 16.3 Å². The van der Waals surface area contributed by atoms with Crippen molar-refractivity contribution in [2.45, 2.75) is 25.5 Å². The van der Waals surface area contributed by atoms with Crippen molar-refractivity contribution < 1.29 is 4.74 Å². The second kappa shape index (κ2) is 6.44. The third kappa shape index (κ3) is 2.89. The van der Waals surface area contributed by atoms with Crippen LogP contribution in [0.3, 0.4) is 0 Å². The molecule has 4 aromatic rings. The second-order valence-corrected chi connectivity index (χ2v) is 7.06. The highest BCUT2D eigenvalue weighted by atomic mass is 35.5. The molecule has 0 amide bonds. The minimum absolute atomic E-state index is 0.0963. The first-order chi connectivity index (χ1) is 13.2. The Hall–Kier alpha value is -2.77. The summed E-state index contributed by atoms with van der Waals surface area (Å²) in [6, 6.07) is 9.16. The van der Waals surface area contributed by atoms with Gasteiger partial charge in [0.25, 0.3) is 11.3 Å². The van der Waals surface area contributed by atoms with E-state index in [2.05, 4.69) is 15.1 Å². The van der Waals surface area contributed by atoms with Gasteiger partial charge >= 0.3 is 0 Å².